The van der Waals surface area contributed by atoms with E-state index in [1.54, 1.807) is 12.1 Å². The van der Waals surface area contributed by atoms with Gasteiger partial charge in [-0.15, -0.1) is 0 Å². The fourth-order valence-corrected chi connectivity index (χ4v) is 5.99. The number of hydrogen-bond donors (Lipinski definition) is 2. The number of hydrogen-bond acceptors (Lipinski definition) is 2. The summed E-state index contributed by atoms with van der Waals surface area (Å²) in [6.45, 7) is 0.842. The molecule has 2 N–H and O–H groups in total. The van der Waals surface area contributed by atoms with Crippen LogP contribution in [0.1, 0.15) is 44.1 Å². The van der Waals surface area contributed by atoms with Gasteiger partial charge < -0.3 is 10.6 Å². The second-order valence-electron chi connectivity index (χ2n) is 8.06. The maximum absolute atomic E-state index is 12.2. The molecule has 0 saturated heterocycles. The average Bonchev–Trinajstić information content (AvgIpc) is 2.51. The van der Waals surface area contributed by atoms with Gasteiger partial charge in [0.05, 0.1) is 6.54 Å². The summed E-state index contributed by atoms with van der Waals surface area (Å²) < 4.78 is 0. The predicted molar refractivity (Wildman–Crippen MR) is 97.2 cm³/mol. The van der Waals surface area contributed by atoms with E-state index in [9.17, 15) is 4.79 Å². The SMILES string of the molecule is O=C(CNC12CC3CC(CC(C3)C1)C2)NCc1ccc(Cl)cc1Cl. The minimum Gasteiger partial charge on any atom is -0.351 e. The second kappa shape index (κ2) is 6.51. The summed E-state index contributed by atoms with van der Waals surface area (Å²) in [5.74, 6) is 2.70. The summed E-state index contributed by atoms with van der Waals surface area (Å²) in [6.07, 6.45) is 8.03. The molecule has 1 aromatic carbocycles. The summed E-state index contributed by atoms with van der Waals surface area (Å²) in [4.78, 5) is 12.2. The van der Waals surface area contributed by atoms with Crippen LogP contribution in [0.4, 0.5) is 0 Å². The molecule has 0 spiro atoms. The normalized spacial score (nSPS) is 33.7. The van der Waals surface area contributed by atoms with Gasteiger partial charge in [-0.1, -0.05) is 29.3 Å². The zero-order valence-electron chi connectivity index (χ0n) is 13.8. The Bertz CT molecular complexity index is 611. The van der Waals surface area contributed by atoms with E-state index in [4.69, 9.17) is 23.2 Å². The van der Waals surface area contributed by atoms with Crippen LogP contribution in [0.3, 0.4) is 0 Å². The third-order valence-corrected chi connectivity index (χ3v) is 6.74. The number of carbonyl (C=O) groups is 1. The fourth-order valence-electron chi connectivity index (χ4n) is 5.52. The molecule has 4 saturated carbocycles. The highest BCUT2D eigenvalue weighted by molar-refractivity contribution is 6.35. The molecule has 4 aliphatic rings. The molecule has 0 heterocycles. The second-order valence-corrected chi connectivity index (χ2v) is 8.91. The van der Waals surface area contributed by atoms with Gasteiger partial charge in [0.25, 0.3) is 0 Å². The molecule has 4 fully saturated rings. The number of halogens is 2. The molecule has 1 aromatic rings. The number of carbonyl (C=O) groups excluding carboxylic acids is 1. The van der Waals surface area contributed by atoms with Crippen LogP contribution >= 0.6 is 23.2 Å². The number of benzene rings is 1. The number of amides is 1. The summed E-state index contributed by atoms with van der Waals surface area (Å²) in [6, 6.07) is 5.36. The van der Waals surface area contributed by atoms with Crippen LogP contribution in [0, 0.1) is 17.8 Å². The van der Waals surface area contributed by atoms with E-state index in [-0.39, 0.29) is 11.4 Å². The van der Waals surface area contributed by atoms with Gasteiger partial charge in [-0.2, -0.15) is 0 Å². The Kier molecular flexibility index (Phi) is 4.53. The first-order valence-electron chi connectivity index (χ1n) is 8.97. The minimum atomic E-state index is 0.0387. The van der Waals surface area contributed by atoms with Gasteiger partial charge in [-0.05, 0) is 74.0 Å². The largest absolute Gasteiger partial charge is 0.351 e. The molecule has 0 radical (unpaired) electrons. The Balaban J connectivity index is 1.29. The van der Waals surface area contributed by atoms with E-state index < -0.39 is 0 Å². The Labute approximate surface area is 153 Å². The van der Waals surface area contributed by atoms with E-state index in [2.05, 4.69) is 10.6 Å². The molecule has 3 nitrogen and oxygen atoms in total. The highest BCUT2D eigenvalue weighted by Crippen LogP contribution is 2.55. The molecule has 0 unspecified atom stereocenters. The molecule has 5 rings (SSSR count). The van der Waals surface area contributed by atoms with Crippen LogP contribution in [-0.4, -0.2) is 18.0 Å². The molecule has 0 aliphatic heterocycles. The van der Waals surface area contributed by atoms with Gasteiger partial charge >= 0.3 is 0 Å². The zero-order chi connectivity index (χ0) is 16.7. The van der Waals surface area contributed by atoms with E-state index in [1.807, 2.05) is 6.07 Å². The fraction of sp³-hybridized carbons (Fsp3) is 0.632. The maximum atomic E-state index is 12.2. The van der Waals surface area contributed by atoms with Gasteiger partial charge in [0.1, 0.15) is 0 Å². The van der Waals surface area contributed by atoms with E-state index in [0.717, 1.165) is 23.3 Å². The monoisotopic (exact) mass is 366 g/mol. The van der Waals surface area contributed by atoms with Crippen LogP contribution in [-0.2, 0) is 11.3 Å². The smallest absolute Gasteiger partial charge is 0.234 e. The molecular weight excluding hydrogens is 343 g/mol. The van der Waals surface area contributed by atoms with Crippen molar-refractivity contribution in [3.05, 3.63) is 33.8 Å². The molecule has 0 aromatic heterocycles. The first kappa shape index (κ1) is 16.7. The highest BCUT2D eigenvalue weighted by atomic mass is 35.5. The van der Waals surface area contributed by atoms with Gasteiger partial charge in [-0.3, -0.25) is 4.79 Å². The number of rotatable bonds is 5. The lowest BCUT2D eigenvalue weighted by atomic mass is 9.53. The first-order chi connectivity index (χ1) is 11.5. The Morgan fingerprint density at radius 1 is 1.08 bits per heavy atom. The lowest BCUT2D eigenvalue weighted by Crippen LogP contribution is -2.59. The van der Waals surface area contributed by atoms with E-state index >= 15 is 0 Å². The summed E-state index contributed by atoms with van der Waals surface area (Å²) in [5.41, 5.74) is 1.12. The van der Waals surface area contributed by atoms with Crippen molar-refractivity contribution in [1.82, 2.24) is 10.6 Å². The van der Waals surface area contributed by atoms with Crippen molar-refractivity contribution in [2.45, 2.75) is 50.6 Å². The lowest BCUT2D eigenvalue weighted by Gasteiger charge is -2.57. The highest BCUT2D eigenvalue weighted by Gasteiger charge is 2.50. The molecule has 24 heavy (non-hydrogen) atoms. The van der Waals surface area contributed by atoms with Crippen molar-refractivity contribution in [3.8, 4) is 0 Å². The first-order valence-corrected chi connectivity index (χ1v) is 9.73. The number of nitrogens with one attached hydrogen (secondary N) is 2. The van der Waals surface area contributed by atoms with Crippen molar-refractivity contribution in [2.75, 3.05) is 6.54 Å². The van der Waals surface area contributed by atoms with Crippen LogP contribution in [0.5, 0.6) is 0 Å². The predicted octanol–water partition coefficient (Wildman–Crippen LogP) is 4.17. The third kappa shape index (κ3) is 3.44. The third-order valence-electron chi connectivity index (χ3n) is 6.15. The van der Waals surface area contributed by atoms with Crippen molar-refractivity contribution in [1.29, 1.82) is 0 Å². The summed E-state index contributed by atoms with van der Waals surface area (Å²) >= 11 is 12.0. The Morgan fingerprint density at radius 2 is 1.71 bits per heavy atom. The topological polar surface area (TPSA) is 41.1 Å². The summed E-state index contributed by atoms with van der Waals surface area (Å²) in [5, 5.41) is 7.79. The molecular formula is C19H24Cl2N2O. The van der Waals surface area contributed by atoms with E-state index in [1.165, 1.54) is 38.5 Å². The average molecular weight is 367 g/mol. The Morgan fingerprint density at radius 3 is 2.29 bits per heavy atom. The molecule has 130 valence electrons. The molecule has 1 amide bonds. The maximum Gasteiger partial charge on any atom is 0.234 e. The van der Waals surface area contributed by atoms with Gasteiger partial charge in [-0.25, -0.2) is 0 Å². The van der Waals surface area contributed by atoms with Crippen LogP contribution in [0.15, 0.2) is 18.2 Å². The zero-order valence-corrected chi connectivity index (χ0v) is 15.3. The van der Waals surface area contributed by atoms with Crippen molar-refractivity contribution in [3.63, 3.8) is 0 Å². The van der Waals surface area contributed by atoms with Crippen molar-refractivity contribution < 1.29 is 4.79 Å². The van der Waals surface area contributed by atoms with Gasteiger partial charge in [0, 0.05) is 22.1 Å². The van der Waals surface area contributed by atoms with Crippen LogP contribution in [0.2, 0.25) is 10.0 Å². The quantitative estimate of drug-likeness (QED) is 0.820. The van der Waals surface area contributed by atoms with Crippen LogP contribution < -0.4 is 10.6 Å². The van der Waals surface area contributed by atoms with Gasteiger partial charge in [0.15, 0.2) is 0 Å². The Hall–Kier alpha value is -0.770. The standard InChI is InChI=1S/C19H24Cl2N2O/c20-16-2-1-15(17(21)6-16)10-22-18(24)11-23-19-7-12-3-13(8-19)5-14(4-12)9-19/h1-2,6,12-14,23H,3-5,7-11H2,(H,22,24). The molecule has 4 aliphatic carbocycles. The van der Waals surface area contributed by atoms with Crippen molar-refractivity contribution in [2.24, 2.45) is 17.8 Å². The van der Waals surface area contributed by atoms with E-state index in [0.29, 0.717) is 23.1 Å². The summed E-state index contributed by atoms with van der Waals surface area (Å²) in [7, 11) is 0. The molecule has 5 heteroatoms. The van der Waals surface area contributed by atoms with Crippen LogP contribution in [0.25, 0.3) is 0 Å². The van der Waals surface area contributed by atoms with Crippen molar-refractivity contribution >= 4 is 29.1 Å². The lowest BCUT2D eigenvalue weighted by molar-refractivity contribution is -0.121. The minimum absolute atomic E-state index is 0.0387. The molecule has 4 bridgehead atoms. The molecule has 0 atom stereocenters. The van der Waals surface area contributed by atoms with Gasteiger partial charge in [0.2, 0.25) is 5.91 Å².